The van der Waals surface area contributed by atoms with Gasteiger partial charge in [-0.3, -0.25) is 19.2 Å². The van der Waals surface area contributed by atoms with Crippen LogP contribution in [0.25, 0.3) is 0 Å². The number of carbonyl (C=O) groups is 4. The minimum atomic E-state index is -1.29. The summed E-state index contributed by atoms with van der Waals surface area (Å²) in [7, 11) is 0. The Morgan fingerprint density at radius 3 is 2.59 bits per heavy atom. The zero-order chi connectivity index (χ0) is 29.1. The van der Waals surface area contributed by atoms with E-state index >= 15 is 0 Å². The highest BCUT2D eigenvalue weighted by Crippen LogP contribution is 2.56. The number of benzene rings is 1. The molecule has 4 heterocycles. The molecule has 0 saturated carbocycles. The van der Waals surface area contributed by atoms with Gasteiger partial charge in [0.1, 0.15) is 23.7 Å². The molecule has 1 aromatic carbocycles. The normalized spacial score (nSPS) is 32.8. The molecule has 2 fully saturated rings. The number of aliphatic hydroxyl groups excluding tert-OH is 1. The Morgan fingerprint density at radius 2 is 1.85 bits per heavy atom. The molecule has 10 heteroatoms. The number of cyclic esters (lactones) is 1. The third-order valence-electron chi connectivity index (χ3n) is 8.51. The van der Waals surface area contributed by atoms with E-state index in [0.717, 1.165) is 5.56 Å². The molecule has 2 saturated heterocycles. The fourth-order valence-corrected chi connectivity index (χ4v) is 6.49. The fraction of sp³-hybridized carbons (Fsp3) is 0.548. The number of rotatable bonds is 6. The molecule has 5 bridgehead atoms. The molecule has 0 aliphatic carbocycles. The van der Waals surface area contributed by atoms with Crippen molar-refractivity contribution in [3.8, 4) is 0 Å². The summed E-state index contributed by atoms with van der Waals surface area (Å²) >= 11 is 0. The second-order valence-electron chi connectivity index (χ2n) is 11.4. The summed E-state index contributed by atoms with van der Waals surface area (Å²) in [6.07, 6.45) is 7.56. The topological polar surface area (TPSA) is 125 Å². The largest absolute Gasteiger partial charge is 0.455 e. The summed E-state index contributed by atoms with van der Waals surface area (Å²) in [6, 6.07) is 8.05. The molecule has 0 unspecified atom stereocenters. The van der Waals surface area contributed by atoms with E-state index < -0.39 is 41.7 Å². The van der Waals surface area contributed by atoms with Gasteiger partial charge in [0.25, 0.3) is 0 Å². The summed E-state index contributed by atoms with van der Waals surface area (Å²) in [5, 5.41) is 12.3. The van der Waals surface area contributed by atoms with Crippen LogP contribution < -0.4 is 5.32 Å². The first kappa shape index (κ1) is 29.0. The summed E-state index contributed by atoms with van der Waals surface area (Å²) in [4.78, 5) is 58.1. The van der Waals surface area contributed by atoms with E-state index in [-0.39, 0.29) is 49.9 Å². The number of nitrogens with zero attached hydrogens (tertiary/aromatic N) is 2. The van der Waals surface area contributed by atoms with Crippen LogP contribution in [0.4, 0.5) is 0 Å². The van der Waals surface area contributed by atoms with Crippen LogP contribution in [0.1, 0.15) is 51.2 Å². The molecule has 4 aliphatic heterocycles. The third-order valence-corrected chi connectivity index (χ3v) is 8.51. The van der Waals surface area contributed by atoms with Gasteiger partial charge in [0, 0.05) is 32.2 Å². The number of carbonyl (C=O) groups excluding carboxylic acids is 4. The minimum absolute atomic E-state index is 0.0248. The van der Waals surface area contributed by atoms with Crippen LogP contribution in [0.15, 0.2) is 54.6 Å². The van der Waals surface area contributed by atoms with Crippen molar-refractivity contribution in [2.45, 2.75) is 69.4 Å². The van der Waals surface area contributed by atoms with Crippen LogP contribution in [0.5, 0.6) is 0 Å². The van der Waals surface area contributed by atoms with E-state index in [4.69, 9.17) is 9.47 Å². The van der Waals surface area contributed by atoms with Crippen LogP contribution in [0.3, 0.4) is 0 Å². The average molecular weight is 566 g/mol. The molecule has 10 nitrogen and oxygen atoms in total. The predicted molar refractivity (Wildman–Crippen MR) is 149 cm³/mol. The number of esters is 1. The molecule has 4 aliphatic rings. The van der Waals surface area contributed by atoms with E-state index in [2.05, 4.69) is 5.32 Å². The van der Waals surface area contributed by atoms with E-state index in [9.17, 15) is 24.3 Å². The SMILES string of the molecule is CC(C)N1C/C=C\CCC(=O)NC[C@H](c2ccccc2)OC(=O)[C@@H]2[C@H]3C(=O)N(CCCCO)[C@H](C1=O)[C@]31C=C[C@H]2O1. The predicted octanol–water partition coefficient (Wildman–Crippen LogP) is 1.90. The number of likely N-dealkylation sites (tertiary alicyclic amines) is 1. The molecule has 1 spiro atoms. The molecule has 220 valence electrons. The van der Waals surface area contributed by atoms with E-state index in [1.165, 1.54) is 0 Å². The molecule has 6 atom stereocenters. The molecular weight excluding hydrogens is 526 g/mol. The van der Waals surface area contributed by atoms with Crippen molar-refractivity contribution >= 4 is 23.7 Å². The Bertz CT molecular complexity index is 1220. The molecule has 0 radical (unpaired) electrons. The Hall–Kier alpha value is -3.50. The van der Waals surface area contributed by atoms with E-state index in [1.807, 2.05) is 56.3 Å². The van der Waals surface area contributed by atoms with E-state index in [1.54, 1.807) is 22.0 Å². The van der Waals surface area contributed by atoms with Crippen LogP contribution in [-0.4, -0.2) is 88.6 Å². The van der Waals surface area contributed by atoms with Crippen molar-refractivity contribution in [3.05, 3.63) is 60.2 Å². The summed E-state index contributed by atoms with van der Waals surface area (Å²) in [6.45, 7) is 4.46. The minimum Gasteiger partial charge on any atom is -0.455 e. The van der Waals surface area contributed by atoms with Gasteiger partial charge < -0.3 is 29.7 Å². The van der Waals surface area contributed by atoms with Crippen molar-refractivity contribution in [2.75, 3.05) is 26.2 Å². The van der Waals surface area contributed by atoms with Gasteiger partial charge in [-0.25, -0.2) is 0 Å². The van der Waals surface area contributed by atoms with Gasteiger partial charge in [-0.2, -0.15) is 0 Å². The molecule has 0 aromatic heterocycles. The van der Waals surface area contributed by atoms with Gasteiger partial charge in [0.2, 0.25) is 17.7 Å². The van der Waals surface area contributed by atoms with Crippen LogP contribution in [0, 0.1) is 11.8 Å². The second kappa shape index (κ2) is 12.2. The lowest BCUT2D eigenvalue weighted by atomic mass is 9.74. The van der Waals surface area contributed by atoms with Gasteiger partial charge in [-0.05, 0) is 38.7 Å². The number of hydrogen-bond donors (Lipinski definition) is 2. The second-order valence-corrected chi connectivity index (χ2v) is 11.4. The quantitative estimate of drug-likeness (QED) is 0.307. The first-order valence-electron chi connectivity index (χ1n) is 14.5. The maximum absolute atomic E-state index is 14.3. The maximum Gasteiger partial charge on any atom is 0.313 e. The van der Waals surface area contributed by atoms with Gasteiger partial charge in [0.15, 0.2) is 0 Å². The number of aliphatic hydroxyl groups is 1. The van der Waals surface area contributed by atoms with Crippen LogP contribution >= 0.6 is 0 Å². The number of ether oxygens (including phenoxy) is 2. The number of nitrogens with one attached hydrogen (secondary N) is 1. The first-order chi connectivity index (χ1) is 19.8. The Morgan fingerprint density at radius 1 is 1.07 bits per heavy atom. The zero-order valence-corrected chi connectivity index (χ0v) is 23.6. The monoisotopic (exact) mass is 565 g/mol. The molecule has 41 heavy (non-hydrogen) atoms. The van der Waals surface area contributed by atoms with Gasteiger partial charge in [-0.15, -0.1) is 0 Å². The smallest absolute Gasteiger partial charge is 0.313 e. The lowest BCUT2D eigenvalue weighted by Crippen LogP contribution is -2.57. The standard InChI is InChI=1S/C31H39N3O7/c1-20(2)33-16-8-4-7-13-24(36)32-19-23(21-11-5-3-6-12-21)40-30(39)25-22-14-15-31(41-22)26(25)28(37)34(17-9-10-18-35)27(31)29(33)38/h3-6,8,11-12,14-15,20,22-23,25-27,35H,7,9-10,13,16-19H2,1-2H3,(H,32,36)/b8-4-/t22-,23-,25+,26+,27-,31+/m1/s1. The lowest BCUT2D eigenvalue weighted by molar-refractivity contribution is -0.159. The van der Waals surface area contributed by atoms with Gasteiger partial charge >= 0.3 is 5.97 Å². The van der Waals surface area contributed by atoms with Crippen LogP contribution in [-0.2, 0) is 28.7 Å². The Balaban J connectivity index is 1.54. The molecule has 2 N–H and O–H groups in total. The fourth-order valence-electron chi connectivity index (χ4n) is 6.49. The highest BCUT2D eigenvalue weighted by molar-refractivity contribution is 5.99. The molecule has 3 amide bonds. The van der Waals surface area contributed by atoms with Crippen LogP contribution in [0.2, 0.25) is 0 Å². The Kier molecular flexibility index (Phi) is 8.60. The zero-order valence-electron chi connectivity index (χ0n) is 23.6. The molecule has 1 aromatic rings. The highest BCUT2D eigenvalue weighted by atomic mass is 16.6. The first-order valence-corrected chi connectivity index (χ1v) is 14.5. The van der Waals surface area contributed by atoms with Crippen molar-refractivity contribution in [1.82, 2.24) is 15.1 Å². The van der Waals surface area contributed by atoms with Crippen molar-refractivity contribution in [3.63, 3.8) is 0 Å². The average Bonchev–Trinajstić information content (AvgIpc) is 3.60. The molecule has 5 rings (SSSR count). The highest BCUT2D eigenvalue weighted by Gasteiger charge is 2.73. The van der Waals surface area contributed by atoms with Gasteiger partial charge in [-0.1, -0.05) is 54.6 Å². The van der Waals surface area contributed by atoms with Crippen molar-refractivity contribution < 1.29 is 33.8 Å². The van der Waals surface area contributed by atoms with Crippen molar-refractivity contribution in [2.24, 2.45) is 11.8 Å². The summed E-state index contributed by atoms with van der Waals surface area (Å²) < 4.78 is 12.5. The number of unbranched alkanes of at least 4 members (excludes halogenated alkanes) is 1. The third kappa shape index (κ3) is 5.42. The summed E-state index contributed by atoms with van der Waals surface area (Å²) in [5.41, 5.74) is -0.569. The lowest BCUT2D eigenvalue weighted by Gasteiger charge is -2.37. The number of hydrogen-bond acceptors (Lipinski definition) is 7. The Labute approximate surface area is 240 Å². The van der Waals surface area contributed by atoms with Gasteiger partial charge in [0.05, 0.1) is 18.6 Å². The maximum atomic E-state index is 14.3. The summed E-state index contributed by atoms with van der Waals surface area (Å²) in [5.74, 6) is -3.20. The number of amides is 3. The number of fused-ring (bicyclic) bond motifs is 2. The van der Waals surface area contributed by atoms with Crippen molar-refractivity contribution in [1.29, 1.82) is 0 Å². The molecular formula is C31H39N3O7. The van der Waals surface area contributed by atoms with E-state index in [0.29, 0.717) is 25.8 Å². The number of allylic oxidation sites excluding steroid dienone is 1.